The quantitative estimate of drug-likeness (QED) is 0.440. The number of hydrogen-bond acceptors (Lipinski definition) is 4. The van der Waals surface area contributed by atoms with E-state index in [4.69, 9.17) is 4.74 Å². The molecular formula is C30H34N2O4Si. The highest BCUT2D eigenvalue weighted by Gasteiger charge is 2.30. The van der Waals surface area contributed by atoms with Gasteiger partial charge in [0.1, 0.15) is 11.8 Å². The highest BCUT2D eigenvalue weighted by molar-refractivity contribution is 6.88. The molecule has 0 aromatic heterocycles. The number of ketones is 1. The van der Waals surface area contributed by atoms with Gasteiger partial charge < -0.3 is 15.0 Å². The number of likely N-dealkylation sites (N-methyl/N-ethyl adjacent to an activating group) is 1. The van der Waals surface area contributed by atoms with E-state index in [1.54, 1.807) is 38.4 Å². The molecule has 3 aromatic rings. The summed E-state index contributed by atoms with van der Waals surface area (Å²) in [7, 11) is 1.83. The standard InChI is InChI=1S/C30H34N2O4Si/c1-32(30(35)23-10-16-26-22(19-23)11-17-28(34)31-26)29(21-8-12-24(36-2)13-9-21)27(33)18-20-6-14-25(15-7-20)37(3,4)5/h6-10,12-16,19,29H,11,17-18H2,1-5H3,(H,31,34). The molecule has 0 radical (unpaired) electrons. The number of ether oxygens (including phenoxy) is 1. The lowest BCUT2D eigenvalue weighted by atomic mass is 9.95. The van der Waals surface area contributed by atoms with Crippen molar-refractivity contribution in [3.8, 4) is 5.75 Å². The van der Waals surface area contributed by atoms with Gasteiger partial charge in [0, 0.05) is 31.1 Å². The summed E-state index contributed by atoms with van der Waals surface area (Å²) in [5, 5.41) is 4.19. The molecule has 1 unspecified atom stereocenters. The van der Waals surface area contributed by atoms with Gasteiger partial charge in [-0.2, -0.15) is 0 Å². The number of benzene rings is 3. The van der Waals surface area contributed by atoms with Crippen LogP contribution in [0.15, 0.2) is 66.7 Å². The van der Waals surface area contributed by atoms with Crippen molar-refractivity contribution >= 4 is 36.5 Å². The molecule has 1 aliphatic rings. The van der Waals surface area contributed by atoms with Gasteiger partial charge in [-0.3, -0.25) is 14.4 Å². The Hall–Kier alpha value is -3.71. The zero-order valence-electron chi connectivity index (χ0n) is 22.1. The van der Waals surface area contributed by atoms with Crippen LogP contribution in [0.2, 0.25) is 19.6 Å². The predicted octanol–water partition coefficient (Wildman–Crippen LogP) is 4.75. The van der Waals surface area contributed by atoms with E-state index in [0.29, 0.717) is 24.2 Å². The summed E-state index contributed by atoms with van der Waals surface area (Å²) in [6.07, 6.45) is 1.20. The van der Waals surface area contributed by atoms with Crippen LogP contribution < -0.4 is 15.2 Å². The van der Waals surface area contributed by atoms with Crippen molar-refractivity contribution in [3.63, 3.8) is 0 Å². The number of hydrogen-bond donors (Lipinski definition) is 1. The van der Waals surface area contributed by atoms with E-state index in [1.807, 2.05) is 30.3 Å². The molecule has 1 N–H and O–H groups in total. The van der Waals surface area contributed by atoms with Crippen molar-refractivity contribution in [2.24, 2.45) is 0 Å². The Labute approximate surface area is 219 Å². The Morgan fingerprint density at radius 1 is 0.973 bits per heavy atom. The fourth-order valence-electron chi connectivity index (χ4n) is 4.67. The van der Waals surface area contributed by atoms with E-state index in [-0.39, 0.29) is 24.0 Å². The number of carbonyl (C=O) groups is 3. The van der Waals surface area contributed by atoms with Crippen LogP contribution in [0.3, 0.4) is 0 Å². The molecular weight excluding hydrogens is 480 g/mol. The number of rotatable bonds is 8. The van der Waals surface area contributed by atoms with Gasteiger partial charge in [0.05, 0.1) is 15.2 Å². The summed E-state index contributed by atoms with van der Waals surface area (Å²) >= 11 is 0. The van der Waals surface area contributed by atoms with Crippen molar-refractivity contribution in [1.29, 1.82) is 0 Å². The van der Waals surface area contributed by atoms with Crippen molar-refractivity contribution in [2.75, 3.05) is 19.5 Å². The van der Waals surface area contributed by atoms with Crippen LogP contribution in [0.1, 0.15) is 39.5 Å². The predicted molar refractivity (Wildman–Crippen MR) is 149 cm³/mol. The SMILES string of the molecule is COc1ccc(C(C(=O)Cc2ccc([Si](C)(C)C)cc2)N(C)C(=O)c2ccc3c(c2)CCC(=O)N3)cc1. The van der Waals surface area contributed by atoms with Crippen LogP contribution in [-0.2, 0) is 22.4 Å². The van der Waals surface area contributed by atoms with Gasteiger partial charge in [-0.15, -0.1) is 0 Å². The first kappa shape index (κ1) is 26.4. The molecule has 4 rings (SSSR count). The highest BCUT2D eigenvalue weighted by Crippen LogP contribution is 2.28. The van der Waals surface area contributed by atoms with Crippen LogP contribution in [0, 0.1) is 0 Å². The number of aryl methyl sites for hydroxylation is 1. The van der Waals surface area contributed by atoms with E-state index in [1.165, 1.54) is 10.1 Å². The normalized spacial score (nSPS) is 13.8. The number of nitrogens with one attached hydrogen (secondary N) is 1. The maximum absolute atomic E-state index is 13.7. The van der Waals surface area contributed by atoms with Crippen molar-refractivity contribution in [1.82, 2.24) is 4.90 Å². The third-order valence-electron chi connectivity index (χ3n) is 6.89. The smallest absolute Gasteiger partial charge is 0.254 e. The molecule has 1 aliphatic heterocycles. The number of fused-ring (bicyclic) bond motifs is 1. The zero-order chi connectivity index (χ0) is 26.7. The van der Waals surface area contributed by atoms with Gasteiger partial charge in [-0.1, -0.05) is 61.2 Å². The van der Waals surface area contributed by atoms with Crippen LogP contribution in [0.5, 0.6) is 5.75 Å². The Bertz CT molecular complexity index is 1310. The Morgan fingerprint density at radius 3 is 2.27 bits per heavy atom. The average molecular weight is 515 g/mol. The summed E-state index contributed by atoms with van der Waals surface area (Å²) in [5.41, 5.74) is 3.80. The first-order valence-corrected chi connectivity index (χ1v) is 16.0. The monoisotopic (exact) mass is 514 g/mol. The second kappa shape index (κ2) is 10.7. The second-order valence-electron chi connectivity index (χ2n) is 10.6. The second-order valence-corrected chi connectivity index (χ2v) is 15.7. The zero-order valence-corrected chi connectivity index (χ0v) is 23.1. The highest BCUT2D eigenvalue weighted by atomic mass is 28.3. The Balaban J connectivity index is 1.62. The van der Waals surface area contributed by atoms with Gasteiger partial charge in [0.25, 0.3) is 5.91 Å². The first-order chi connectivity index (χ1) is 17.6. The molecule has 192 valence electrons. The average Bonchev–Trinajstić information content (AvgIpc) is 2.88. The Morgan fingerprint density at radius 2 is 1.65 bits per heavy atom. The van der Waals surface area contributed by atoms with E-state index in [9.17, 15) is 14.4 Å². The van der Waals surface area contributed by atoms with Gasteiger partial charge in [0.2, 0.25) is 5.91 Å². The largest absolute Gasteiger partial charge is 0.497 e. The minimum atomic E-state index is -1.44. The van der Waals surface area contributed by atoms with Crippen LogP contribution >= 0.6 is 0 Å². The number of methoxy groups -OCH3 is 1. The summed E-state index contributed by atoms with van der Waals surface area (Å²) in [6.45, 7) is 6.88. The van der Waals surface area contributed by atoms with Crippen LogP contribution in [-0.4, -0.2) is 44.7 Å². The molecule has 0 bridgehead atoms. The molecule has 1 heterocycles. The summed E-state index contributed by atoms with van der Waals surface area (Å²) in [6, 6.07) is 20.1. The van der Waals surface area contributed by atoms with Gasteiger partial charge in [-0.25, -0.2) is 0 Å². The van der Waals surface area contributed by atoms with Crippen LogP contribution in [0.25, 0.3) is 0 Å². The van der Waals surface area contributed by atoms with E-state index in [0.717, 1.165) is 22.4 Å². The molecule has 7 heteroatoms. The molecule has 0 spiro atoms. The molecule has 3 aromatic carbocycles. The summed E-state index contributed by atoms with van der Waals surface area (Å²) < 4.78 is 5.29. The lowest BCUT2D eigenvalue weighted by Crippen LogP contribution is -2.38. The van der Waals surface area contributed by atoms with Crippen molar-refractivity contribution < 1.29 is 19.1 Å². The van der Waals surface area contributed by atoms with Gasteiger partial charge in [-0.05, 0) is 53.4 Å². The number of nitrogens with zero attached hydrogens (tertiary/aromatic N) is 1. The third-order valence-corrected chi connectivity index (χ3v) is 8.96. The Kier molecular flexibility index (Phi) is 7.64. The third kappa shape index (κ3) is 5.99. The van der Waals surface area contributed by atoms with Crippen LogP contribution in [0.4, 0.5) is 5.69 Å². The maximum atomic E-state index is 13.7. The molecule has 1 atom stereocenters. The number of carbonyl (C=O) groups excluding carboxylic acids is 3. The summed E-state index contributed by atoms with van der Waals surface area (Å²) in [5.74, 6) is 0.351. The van der Waals surface area contributed by atoms with Crippen molar-refractivity contribution in [2.45, 2.75) is 44.9 Å². The topological polar surface area (TPSA) is 75.7 Å². The minimum Gasteiger partial charge on any atom is -0.497 e. The lowest BCUT2D eigenvalue weighted by Gasteiger charge is -2.28. The van der Waals surface area contributed by atoms with E-state index in [2.05, 4.69) is 37.1 Å². The number of anilines is 1. The molecule has 6 nitrogen and oxygen atoms in total. The van der Waals surface area contributed by atoms with Gasteiger partial charge >= 0.3 is 0 Å². The molecule has 0 saturated heterocycles. The molecule has 2 amide bonds. The van der Waals surface area contributed by atoms with E-state index < -0.39 is 14.1 Å². The summed E-state index contributed by atoms with van der Waals surface area (Å²) in [4.78, 5) is 40.6. The number of amides is 2. The molecule has 0 aliphatic carbocycles. The fourth-order valence-corrected chi connectivity index (χ4v) is 5.84. The lowest BCUT2D eigenvalue weighted by molar-refractivity contribution is -0.122. The van der Waals surface area contributed by atoms with E-state index >= 15 is 0 Å². The van der Waals surface area contributed by atoms with Crippen molar-refractivity contribution in [3.05, 3.63) is 89.0 Å². The fraction of sp³-hybridized carbons (Fsp3) is 0.300. The first-order valence-electron chi connectivity index (χ1n) is 12.5. The molecule has 0 saturated carbocycles. The molecule has 0 fully saturated rings. The minimum absolute atomic E-state index is 0.0215. The number of Topliss-reactive ketones (excluding diaryl/α,β-unsaturated/α-hetero) is 1. The molecule has 37 heavy (non-hydrogen) atoms. The maximum Gasteiger partial charge on any atom is 0.254 e. The van der Waals surface area contributed by atoms with Gasteiger partial charge in [0.15, 0.2) is 5.78 Å².